The summed E-state index contributed by atoms with van der Waals surface area (Å²) in [5, 5.41) is 2.85. The molecule has 7 heteroatoms. The monoisotopic (exact) mass is 382 g/mol. The lowest BCUT2D eigenvalue weighted by molar-refractivity contribution is 0.0273. The highest BCUT2D eigenvalue weighted by Crippen LogP contribution is 2.21. The van der Waals surface area contributed by atoms with Gasteiger partial charge >= 0.3 is 0 Å². The molecule has 2 rings (SSSR count). The fraction of sp³-hybridized carbons (Fsp3) is 0.632. The highest BCUT2D eigenvalue weighted by molar-refractivity contribution is 7.89. The molecule has 0 radical (unpaired) electrons. The predicted molar refractivity (Wildman–Crippen MR) is 102 cm³/mol. The number of nitrogens with one attached hydrogen (secondary N) is 2. The van der Waals surface area contributed by atoms with Crippen molar-refractivity contribution in [2.75, 3.05) is 20.2 Å². The summed E-state index contributed by atoms with van der Waals surface area (Å²) >= 11 is 0. The van der Waals surface area contributed by atoms with Crippen LogP contribution in [0.1, 0.15) is 60.0 Å². The number of hydrogen-bond donors (Lipinski definition) is 2. The van der Waals surface area contributed by atoms with Crippen molar-refractivity contribution in [2.45, 2.75) is 63.4 Å². The molecule has 0 spiro atoms. The zero-order valence-corrected chi connectivity index (χ0v) is 16.7. The molecule has 1 aromatic rings. The zero-order chi connectivity index (χ0) is 19.2. The molecule has 0 bridgehead atoms. The van der Waals surface area contributed by atoms with E-state index in [9.17, 15) is 13.2 Å². The first-order valence-electron chi connectivity index (χ1n) is 9.29. The summed E-state index contributed by atoms with van der Waals surface area (Å²) in [4.78, 5) is 12.5. The first-order valence-corrected chi connectivity index (χ1v) is 10.8. The number of rotatable bonds is 8. The summed E-state index contributed by atoms with van der Waals surface area (Å²) in [6, 6.07) is 3.15. The van der Waals surface area contributed by atoms with Crippen LogP contribution >= 0.6 is 0 Å². The minimum Gasteiger partial charge on any atom is -0.378 e. The number of carbonyl (C=O) groups is 1. The van der Waals surface area contributed by atoms with Crippen LogP contribution in [0.15, 0.2) is 17.0 Å². The van der Waals surface area contributed by atoms with Crippen LogP contribution in [0.25, 0.3) is 0 Å². The van der Waals surface area contributed by atoms with Gasteiger partial charge in [-0.25, -0.2) is 13.1 Å². The highest BCUT2D eigenvalue weighted by Gasteiger charge is 2.19. The zero-order valence-electron chi connectivity index (χ0n) is 15.9. The van der Waals surface area contributed by atoms with Crippen molar-refractivity contribution in [1.29, 1.82) is 0 Å². The van der Waals surface area contributed by atoms with Crippen molar-refractivity contribution in [1.82, 2.24) is 10.0 Å². The predicted octanol–water partition coefficient (Wildman–Crippen LogP) is 2.68. The molecule has 1 aliphatic carbocycles. The Kier molecular flexibility index (Phi) is 7.61. The molecule has 1 saturated carbocycles. The van der Waals surface area contributed by atoms with E-state index in [0.717, 1.165) is 24.8 Å². The van der Waals surface area contributed by atoms with E-state index in [1.54, 1.807) is 19.9 Å². The third-order valence-corrected chi connectivity index (χ3v) is 6.49. The lowest BCUT2D eigenvalue weighted by Crippen LogP contribution is -2.27. The molecular formula is C19H30N2O4S. The first-order chi connectivity index (χ1) is 12.3. The van der Waals surface area contributed by atoms with Crippen LogP contribution in [0.2, 0.25) is 0 Å². The highest BCUT2D eigenvalue weighted by atomic mass is 32.2. The van der Waals surface area contributed by atoms with Crippen molar-refractivity contribution in [3.05, 3.63) is 28.8 Å². The molecule has 2 N–H and O–H groups in total. The molecular weight excluding hydrogens is 352 g/mol. The summed E-state index contributed by atoms with van der Waals surface area (Å²) in [7, 11) is -2.23. The van der Waals surface area contributed by atoms with E-state index in [4.69, 9.17) is 4.74 Å². The Balaban J connectivity index is 1.89. The normalized spacial score (nSPS) is 15.8. The van der Waals surface area contributed by atoms with Crippen LogP contribution in [0.4, 0.5) is 0 Å². The van der Waals surface area contributed by atoms with Gasteiger partial charge in [-0.1, -0.05) is 19.3 Å². The average molecular weight is 383 g/mol. The fourth-order valence-corrected chi connectivity index (χ4v) is 4.27. The quantitative estimate of drug-likeness (QED) is 0.677. The lowest BCUT2D eigenvalue weighted by Gasteiger charge is -2.21. The summed E-state index contributed by atoms with van der Waals surface area (Å²) < 4.78 is 32.4. The van der Waals surface area contributed by atoms with Gasteiger partial charge in [0.2, 0.25) is 10.0 Å². The number of aryl methyl sites for hydroxylation is 1. The Bertz CT molecular complexity index is 725. The molecule has 1 aromatic carbocycles. The van der Waals surface area contributed by atoms with E-state index < -0.39 is 10.0 Å². The number of benzene rings is 1. The SMILES string of the molecule is CNS(=O)(=O)c1cc(C(=O)NCCCOC2CCCCC2)cc(C)c1C. The second-order valence-corrected chi connectivity index (χ2v) is 8.72. The third kappa shape index (κ3) is 5.53. The van der Waals surface area contributed by atoms with E-state index in [-0.39, 0.29) is 10.8 Å². The van der Waals surface area contributed by atoms with Gasteiger partial charge in [-0.05, 0) is 63.4 Å². The number of sulfonamides is 1. The molecule has 0 saturated heterocycles. The van der Waals surface area contributed by atoms with Gasteiger partial charge in [0.15, 0.2) is 0 Å². The van der Waals surface area contributed by atoms with Gasteiger partial charge in [0, 0.05) is 18.7 Å². The van der Waals surface area contributed by atoms with E-state index in [0.29, 0.717) is 30.4 Å². The molecule has 0 aromatic heterocycles. The fourth-order valence-electron chi connectivity index (χ4n) is 3.21. The minimum atomic E-state index is -3.60. The standard InChI is InChI=1S/C19H30N2O4S/c1-14-12-16(13-18(15(14)2)26(23,24)20-3)19(22)21-10-7-11-25-17-8-5-4-6-9-17/h12-13,17,20H,4-11H2,1-3H3,(H,21,22). The van der Waals surface area contributed by atoms with Gasteiger partial charge < -0.3 is 10.1 Å². The lowest BCUT2D eigenvalue weighted by atomic mass is 9.98. The number of amides is 1. The molecule has 0 aliphatic heterocycles. The van der Waals surface area contributed by atoms with Crippen LogP contribution in [0.5, 0.6) is 0 Å². The van der Waals surface area contributed by atoms with Gasteiger partial charge in [0.1, 0.15) is 0 Å². The maximum Gasteiger partial charge on any atom is 0.251 e. The largest absolute Gasteiger partial charge is 0.378 e. The average Bonchev–Trinajstić information content (AvgIpc) is 2.64. The van der Waals surface area contributed by atoms with Gasteiger partial charge in [-0.15, -0.1) is 0 Å². The van der Waals surface area contributed by atoms with E-state index >= 15 is 0 Å². The van der Waals surface area contributed by atoms with Crippen molar-refractivity contribution in [3.8, 4) is 0 Å². The Morgan fingerprint density at radius 1 is 1.19 bits per heavy atom. The summed E-state index contributed by atoms with van der Waals surface area (Å²) in [5.41, 5.74) is 1.78. The topological polar surface area (TPSA) is 84.5 Å². The summed E-state index contributed by atoms with van der Waals surface area (Å²) in [6.45, 7) is 4.69. The maximum atomic E-state index is 12.4. The molecule has 0 atom stereocenters. The summed E-state index contributed by atoms with van der Waals surface area (Å²) in [6.07, 6.45) is 7.17. The van der Waals surface area contributed by atoms with Gasteiger partial charge in [0.05, 0.1) is 11.0 Å². The maximum absolute atomic E-state index is 12.4. The number of hydrogen-bond acceptors (Lipinski definition) is 4. The van der Waals surface area contributed by atoms with E-state index in [2.05, 4.69) is 10.0 Å². The minimum absolute atomic E-state index is 0.144. The Labute approximate surface area is 156 Å². The molecule has 1 amide bonds. The van der Waals surface area contributed by atoms with Crippen molar-refractivity contribution < 1.29 is 17.9 Å². The Hall–Kier alpha value is -1.44. The smallest absolute Gasteiger partial charge is 0.251 e. The molecule has 26 heavy (non-hydrogen) atoms. The van der Waals surface area contributed by atoms with Crippen molar-refractivity contribution in [2.24, 2.45) is 0 Å². The molecule has 1 fully saturated rings. The molecule has 6 nitrogen and oxygen atoms in total. The second-order valence-electron chi connectivity index (χ2n) is 6.86. The van der Waals surface area contributed by atoms with Crippen molar-refractivity contribution >= 4 is 15.9 Å². The van der Waals surface area contributed by atoms with Crippen molar-refractivity contribution in [3.63, 3.8) is 0 Å². The van der Waals surface area contributed by atoms with Gasteiger partial charge in [-0.3, -0.25) is 4.79 Å². The van der Waals surface area contributed by atoms with Crippen LogP contribution in [-0.2, 0) is 14.8 Å². The molecule has 0 heterocycles. The third-order valence-electron chi connectivity index (χ3n) is 4.95. The Morgan fingerprint density at radius 2 is 1.88 bits per heavy atom. The van der Waals surface area contributed by atoms with Crippen LogP contribution in [0.3, 0.4) is 0 Å². The molecule has 0 unspecified atom stereocenters. The van der Waals surface area contributed by atoms with E-state index in [1.165, 1.54) is 32.4 Å². The summed E-state index contributed by atoms with van der Waals surface area (Å²) in [5.74, 6) is -0.265. The van der Waals surface area contributed by atoms with Crippen LogP contribution in [-0.4, -0.2) is 40.6 Å². The van der Waals surface area contributed by atoms with Crippen LogP contribution in [0, 0.1) is 13.8 Å². The van der Waals surface area contributed by atoms with E-state index in [1.807, 2.05) is 0 Å². The molecule has 1 aliphatic rings. The number of ether oxygens (including phenoxy) is 1. The first kappa shape index (κ1) is 20.9. The van der Waals surface area contributed by atoms with Crippen LogP contribution < -0.4 is 10.0 Å². The molecule has 146 valence electrons. The Morgan fingerprint density at radius 3 is 2.54 bits per heavy atom. The van der Waals surface area contributed by atoms with Gasteiger partial charge in [-0.2, -0.15) is 0 Å². The number of carbonyl (C=O) groups excluding carboxylic acids is 1. The van der Waals surface area contributed by atoms with Gasteiger partial charge in [0.25, 0.3) is 5.91 Å². The second kappa shape index (κ2) is 9.48.